The number of hydrogen-bond donors (Lipinski definition) is 4. The minimum absolute atomic E-state index is 0.276. The van der Waals surface area contributed by atoms with Crippen LogP contribution in [0.15, 0.2) is 30.9 Å². The zero-order valence-electron chi connectivity index (χ0n) is 14.8. The summed E-state index contributed by atoms with van der Waals surface area (Å²) in [5, 5.41) is 27.5. The summed E-state index contributed by atoms with van der Waals surface area (Å²) in [7, 11) is 3.19. The van der Waals surface area contributed by atoms with E-state index in [0.717, 1.165) is 5.56 Å². The van der Waals surface area contributed by atoms with Crippen molar-refractivity contribution in [2.45, 2.75) is 12.7 Å². The number of benzene rings is 1. The van der Waals surface area contributed by atoms with Gasteiger partial charge in [-0.1, -0.05) is 12.1 Å². The molecule has 146 valence electrons. The lowest BCUT2D eigenvalue weighted by Gasteiger charge is -2.13. The Morgan fingerprint density at radius 1 is 1.19 bits per heavy atom. The molecule has 1 aromatic carbocycles. The van der Waals surface area contributed by atoms with Gasteiger partial charge in [-0.2, -0.15) is 0 Å². The van der Waals surface area contributed by atoms with E-state index in [1.54, 1.807) is 20.3 Å². The van der Waals surface area contributed by atoms with Gasteiger partial charge in [-0.25, -0.2) is 9.59 Å². The highest BCUT2D eigenvalue weighted by atomic mass is 16.5. The maximum Gasteiger partial charge on any atom is 0.414 e. The lowest BCUT2D eigenvalue weighted by atomic mass is 10.2. The molecule has 9 nitrogen and oxygen atoms in total. The molecule has 0 aliphatic rings. The van der Waals surface area contributed by atoms with Crippen LogP contribution >= 0.6 is 0 Å². The monoisotopic (exact) mass is 371 g/mol. The van der Waals surface area contributed by atoms with Gasteiger partial charge in [-0.3, -0.25) is 0 Å². The van der Waals surface area contributed by atoms with Crippen LogP contribution in [0.1, 0.15) is 5.56 Å². The topological polar surface area (TPSA) is 135 Å². The van der Waals surface area contributed by atoms with E-state index in [0.29, 0.717) is 31.2 Å². The number of carboxylic acids is 2. The van der Waals surface area contributed by atoms with Crippen molar-refractivity contribution < 1.29 is 39.1 Å². The van der Waals surface area contributed by atoms with Crippen LogP contribution in [0.4, 0.5) is 0 Å². The van der Waals surface area contributed by atoms with Crippen molar-refractivity contribution in [1.29, 1.82) is 0 Å². The Balaban J connectivity index is 0.000000896. The highest BCUT2D eigenvalue weighted by Crippen LogP contribution is 2.27. The van der Waals surface area contributed by atoms with Crippen molar-refractivity contribution in [3.63, 3.8) is 0 Å². The van der Waals surface area contributed by atoms with Gasteiger partial charge >= 0.3 is 11.9 Å². The number of aliphatic hydroxyl groups excluding tert-OH is 1. The standard InChI is InChI=1S/C15H23NO4.C2H2O4/c1-4-7-16-9-13(17)11-20-10-12-5-6-14(18-2)15(8-12)19-3;3-1(4)2(5)6/h4-6,8,13,16-17H,1,7,9-11H2,2-3H3;(H,3,4)(H,5,6). The van der Waals surface area contributed by atoms with E-state index in [-0.39, 0.29) is 6.61 Å². The van der Waals surface area contributed by atoms with Crippen LogP contribution < -0.4 is 14.8 Å². The minimum atomic E-state index is -1.82. The molecule has 1 rings (SSSR count). The molecule has 0 heterocycles. The molecule has 0 aliphatic carbocycles. The Morgan fingerprint density at radius 2 is 1.81 bits per heavy atom. The van der Waals surface area contributed by atoms with Crippen LogP contribution in [0.2, 0.25) is 0 Å². The molecule has 0 fully saturated rings. The van der Waals surface area contributed by atoms with E-state index in [9.17, 15) is 5.11 Å². The first-order valence-electron chi connectivity index (χ1n) is 7.60. The van der Waals surface area contributed by atoms with Crippen molar-refractivity contribution in [2.24, 2.45) is 0 Å². The molecule has 0 saturated carbocycles. The fraction of sp³-hybridized carbons (Fsp3) is 0.412. The number of aliphatic hydroxyl groups is 1. The molecule has 1 atom stereocenters. The Morgan fingerprint density at radius 3 is 2.31 bits per heavy atom. The van der Waals surface area contributed by atoms with Gasteiger partial charge in [0.05, 0.1) is 33.5 Å². The number of carboxylic acid groups (broad SMARTS) is 2. The fourth-order valence-corrected chi connectivity index (χ4v) is 1.69. The van der Waals surface area contributed by atoms with Gasteiger partial charge in [0.15, 0.2) is 11.5 Å². The molecule has 0 aromatic heterocycles. The van der Waals surface area contributed by atoms with Gasteiger partial charge in [0, 0.05) is 13.1 Å². The highest BCUT2D eigenvalue weighted by Gasteiger charge is 2.07. The Kier molecular flexibility index (Phi) is 12.3. The zero-order valence-corrected chi connectivity index (χ0v) is 14.8. The van der Waals surface area contributed by atoms with Crippen LogP contribution in [-0.2, 0) is 20.9 Å². The third kappa shape index (κ3) is 10.3. The quantitative estimate of drug-likeness (QED) is 0.264. The number of hydrogen-bond acceptors (Lipinski definition) is 7. The summed E-state index contributed by atoms with van der Waals surface area (Å²) < 4.78 is 15.9. The summed E-state index contributed by atoms with van der Waals surface area (Å²) in [6.45, 7) is 5.44. The minimum Gasteiger partial charge on any atom is -0.493 e. The zero-order chi connectivity index (χ0) is 19.9. The van der Waals surface area contributed by atoms with Crippen molar-refractivity contribution in [2.75, 3.05) is 33.9 Å². The fourth-order valence-electron chi connectivity index (χ4n) is 1.69. The molecule has 0 spiro atoms. The molecule has 0 saturated heterocycles. The largest absolute Gasteiger partial charge is 0.493 e. The van der Waals surface area contributed by atoms with Crippen LogP contribution in [0.25, 0.3) is 0 Å². The Labute approximate surface area is 151 Å². The van der Waals surface area contributed by atoms with Crippen molar-refractivity contribution >= 4 is 11.9 Å². The van der Waals surface area contributed by atoms with Gasteiger partial charge in [-0.05, 0) is 17.7 Å². The van der Waals surface area contributed by atoms with Crippen LogP contribution in [-0.4, -0.2) is 67.3 Å². The molecule has 26 heavy (non-hydrogen) atoms. The van der Waals surface area contributed by atoms with Gasteiger partial charge in [-0.15, -0.1) is 6.58 Å². The average molecular weight is 371 g/mol. The third-order valence-electron chi connectivity index (χ3n) is 2.88. The molecular weight excluding hydrogens is 346 g/mol. The Bertz CT molecular complexity index is 564. The maximum atomic E-state index is 9.67. The maximum absolute atomic E-state index is 9.67. The number of ether oxygens (including phenoxy) is 3. The van der Waals surface area contributed by atoms with Crippen molar-refractivity contribution in [1.82, 2.24) is 5.32 Å². The first-order valence-corrected chi connectivity index (χ1v) is 7.60. The molecular formula is C17H25NO8. The van der Waals surface area contributed by atoms with E-state index in [1.807, 2.05) is 18.2 Å². The van der Waals surface area contributed by atoms with Crippen molar-refractivity contribution in [3.05, 3.63) is 36.4 Å². The van der Waals surface area contributed by atoms with Gasteiger partial charge in [0.1, 0.15) is 0 Å². The first kappa shape index (κ1) is 23.4. The number of carbonyl (C=O) groups is 2. The van der Waals surface area contributed by atoms with Crippen LogP contribution in [0.3, 0.4) is 0 Å². The summed E-state index contributed by atoms with van der Waals surface area (Å²) in [4.78, 5) is 18.2. The molecule has 0 bridgehead atoms. The first-order chi connectivity index (χ1) is 12.3. The number of aliphatic carboxylic acids is 2. The summed E-state index contributed by atoms with van der Waals surface area (Å²) >= 11 is 0. The van der Waals surface area contributed by atoms with Gasteiger partial charge < -0.3 is 34.8 Å². The van der Waals surface area contributed by atoms with Gasteiger partial charge in [0.25, 0.3) is 0 Å². The lowest BCUT2D eigenvalue weighted by molar-refractivity contribution is -0.159. The van der Waals surface area contributed by atoms with Gasteiger partial charge in [0.2, 0.25) is 0 Å². The second-order valence-corrected chi connectivity index (χ2v) is 4.92. The van der Waals surface area contributed by atoms with Crippen LogP contribution in [0.5, 0.6) is 11.5 Å². The normalized spacial score (nSPS) is 10.9. The second-order valence-electron chi connectivity index (χ2n) is 4.92. The molecule has 9 heteroatoms. The number of nitrogens with one attached hydrogen (secondary N) is 1. The van der Waals surface area contributed by atoms with E-state index in [4.69, 9.17) is 34.0 Å². The van der Waals surface area contributed by atoms with E-state index < -0.39 is 18.0 Å². The summed E-state index contributed by atoms with van der Waals surface area (Å²) in [5.41, 5.74) is 0.967. The predicted molar refractivity (Wildman–Crippen MR) is 93.5 cm³/mol. The SMILES string of the molecule is C=CCNCC(O)COCc1ccc(OC)c(OC)c1.O=C(O)C(=O)O. The lowest BCUT2D eigenvalue weighted by Crippen LogP contribution is -2.30. The molecule has 0 aliphatic heterocycles. The summed E-state index contributed by atoms with van der Waals surface area (Å²) in [6, 6.07) is 5.60. The average Bonchev–Trinajstić information content (AvgIpc) is 2.62. The predicted octanol–water partition coefficient (Wildman–Crippen LogP) is 0.513. The molecule has 1 unspecified atom stereocenters. The molecule has 0 radical (unpaired) electrons. The Hall–Kier alpha value is -2.62. The summed E-state index contributed by atoms with van der Waals surface area (Å²) in [5.74, 6) is -2.29. The molecule has 0 amide bonds. The number of methoxy groups -OCH3 is 2. The highest BCUT2D eigenvalue weighted by molar-refractivity contribution is 6.27. The third-order valence-corrected chi connectivity index (χ3v) is 2.88. The molecule has 1 aromatic rings. The molecule has 4 N–H and O–H groups in total. The second kappa shape index (κ2) is 13.6. The summed E-state index contributed by atoms with van der Waals surface area (Å²) in [6.07, 6.45) is 1.21. The number of rotatable bonds is 10. The van der Waals surface area contributed by atoms with E-state index in [2.05, 4.69) is 11.9 Å². The van der Waals surface area contributed by atoms with Crippen LogP contribution in [0, 0.1) is 0 Å². The van der Waals surface area contributed by atoms with E-state index in [1.165, 1.54) is 0 Å². The van der Waals surface area contributed by atoms with Crippen molar-refractivity contribution in [3.8, 4) is 11.5 Å². The van der Waals surface area contributed by atoms with E-state index >= 15 is 0 Å². The smallest absolute Gasteiger partial charge is 0.414 e.